The first kappa shape index (κ1) is 19.5. The number of hydrogen-bond donors (Lipinski definition) is 3. The van der Waals surface area contributed by atoms with Gasteiger partial charge in [-0.2, -0.15) is 0 Å². The molecule has 0 unspecified atom stereocenters. The monoisotopic (exact) mass is 393 g/mol. The molecule has 28 heavy (non-hydrogen) atoms. The third-order valence-corrected chi connectivity index (χ3v) is 4.54. The molecule has 0 bridgehead atoms. The van der Waals surface area contributed by atoms with Crippen molar-refractivity contribution in [1.82, 2.24) is 10.6 Å². The van der Waals surface area contributed by atoms with E-state index in [0.717, 1.165) is 12.1 Å². The average Bonchev–Trinajstić information content (AvgIpc) is 2.98. The second-order valence-electron chi connectivity index (χ2n) is 6.40. The minimum atomic E-state index is -1.18. The van der Waals surface area contributed by atoms with Crippen molar-refractivity contribution in [2.24, 2.45) is 0 Å². The van der Waals surface area contributed by atoms with Gasteiger partial charge >= 0.3 is 6.03 Å². The van der Waals surface area contributed by atoms with Gasteiger partial charge in [0.15, 0.2) is 0 Å². The maximum Gasteiger partial charge on any atom is 0.319 e. The number of halogens is 3. The molecular formula is C19H18F3N3O3. The van der Waals surface area contributed by atoms with Gasteiger partial charge in [0, 0.05) is 35.8 Å². The predicted octanol–water partition coefficient (Wildman–Crippen LogP) is 2.82. The normalized spacial score (nSPS) is 18.5. The van der Waals surface area contributed by atoms with Crippen LogP contribution in [0.5, 0.6) is 5.75 Å². The summed E-state index contributed by atoms with van der Waals surface area (Å²) in [6.45, 7) is 1.49. The summed E-state index contributed by atoms with van der Waals surface area (Å²) >= 11 is 0. The average molecular weight is 393 g/mol. The van der Waals surface area contributed by atoms with Crippen molar-refractivity contribution in [2.75, 3.05) is 19.0 Å². The molecular weight excluding hydrogens is 375 g/mol. The van der Waals surface area contributed by atoms with Crippen LogP contribution in [0.1, 0.15) is 17.0 Å². The Hall–Kier alpha value is -3.23. The maximum absolute atomic E-state index is 14.4. The Kier molecular flexibility index (Phi) is 5.43. The summed E-state index contributed by atoms with van der Waals surface area (Å²) in [6, 6.07) is 4.06. The molecule has 0 radical (unpaired) electrons. The number of urea groups is 1. The van der Waals surface area contributed by atoms with Gasteiger partial charge < -0.3 is 20.7 Å². The zero-order chi connectivity index (χ0) is 20.4. The number of anilines is 1. The number of hydrogen-bond acceptors (Lipinski definition) is 3. The molecule has 148 valence electrons. The number of benzene rings is 2. The fourth-order valence-corrected chi connectivity index (χ4v) is 3.12. The SMILES string of the molecule is COc1cc(F)c([C@@H]2CNC(=O)[C@H]2NC(=O)Nc2ccc(F)c(C)c2)c(F)c1. The molecule has 0 spiro atoms. The molecule has 1 saturated heterocycles. The Morgan fingerprint density at radius 3 is 2.43 bits per heavy atom. The quantitative estimate of drug-likeness (QED) is 0.748. The number of aryl methyl sites for hydroxylation is 1. The number of carbonyl (C=O) groups is 2. The van der Waals surface area contributed by atoms with Crippen LogP contribution in [0.15, 0.2) is 30.3 Å². The van der Waals surface area contributed by atoms with Crippen molar-refractivity contribution >= 4 is 17.6 Å². The van der Waals surface area contributed by atoms with Crippen molar-refractivity contribution in [3.05, 3.63) is 58.9 Å². The van der Waals surface area contributed by atoms with Crippen molar-refractivity contribution in [2.45, 2.75) is 18.9 Å². The Labute approximate surface area is 159 Å². The van der Waals surface area contributed by atoms with E-state index in [1.54, 1.807) is 0 Å². The number of rotatable bonds is 4. The smallest absolute Gasteiger partial charge is 0.319 e. The lowest BCUT2D eigenvalue weighted by atomic mass is 9.93. The van der Waals surface area contributed by atoms with Crippen molar-refractivity contribution in [1.29, 1.82) is 0 Å². The zero-order valence-corrected chi connectivity index (χ0v) is 15.1. The van der Waals surface area contributed by atoms with E-state index in [0.29, 0.717) is 11.3 Å². The molecule has 9 heteroatoms. The second-order valence-corrected chi connectivity index (χ2v) is 6.40. The molecule has 1 heterocycles. The van der Waals surface area contributed by atoms with Gasteiger partial charge in [-0.25, -0.2) is 18.0 Å². The van der Waals surface area contributed by atoms with Crippen molar-refractivity contribution < 1.29 is 27.5 Å². The molecule has 3 N–H and O–H groups in total. The summed E-state index contributed by atoms with van der Waals surface area (Å²) in [5.41, 5.74) is 0.326. The number of methoxy groups -OCH3 is 1. The highest BCUT2D eigenvalue weighted by Gasteiger charge is 2.40. The van der Waals surface area contributed by atoms with Crippen LogP contribution < -0.4 is 20.7 Å². The van der Waals surface area contributed by atoms with Gasteiger partial charge in [-0.1, -0.05) is 0 Å². The van der Waals surface area contributed by atoms with Gasteiger partial charge in [0.25, 0.3) is 0 Å². The minimum absolute atomic E-state index is 0.00460. The van der Waals surface area contributed by atoms with Gasteiger partial charge in [0.05, 0.1) is 7.11 Å². The summed E-state index contributed by atoms with van der Waals surface area (Å²) < 4.78 is 46.9. The van der Waals surface area contributed by atoms with Crippen LogP contribution in [-0.4, -0.2) is 31.6 Å². The Morgan fingerprint density at radius 2 is 1.82 bits per heavy atom. The summed E-state index contributed by atoms with van der Waals surface area (Å²) in [7, 11) is 1.28. The van der Waals surface area contributed by atoms with Gasteiger partial charge in [0.1, 0.15) is 29.2 Å². The summed E-state index contributed by atoms with van der Waals surface area (Å²) in [6.07, 6.45) is 0. The molecule has 3 rings (SSSR count). The summed E-state index contributed by atoms with van der Waals surface area (Å²) in [4.78, 5) is 24.4. The van der Waals surface area contributed by atoms with Gasteiger partial charge in [-0.3, -0.25) is 4.79 Å². The third-order valence-electron chi connectivity index (χ3n) is 4.54. The predicted molar refractivity (Wildman–Crippen MR) is 95.7 cm³/mol. The lowest BCUT2D eigenvalue weighted by Gasteiger charge is -2.20. The zero-order valence-electron chi connectivity index (χ0n) is 15.1. The molecule has 2 aromatic carbocycles. The van der Waals surface area contributed by atoms with Crippen LogP contribution in [0.25, 0.3) is 0 Å². The van der Waals surface area contributed by atoms with E-state index in [4.69, 9.17) is 4.74 Å². The molecule has 1 aliphatic heterocycles. The maximum atomic E-state index is 14.4. The van der Waals surface area contributed by atoms with Crippen LogP contribution in [0.3, 0.4) is 0 Å². The highest BCUT2D eigenvalue weighted by atomic mass is 19.1. The van der Waals surface area contributed by atoms with E-state index in [1.165, 1.54) is 32.2 Å². The molecule has 6 nitrogen and oxygen atoms in total. The first-order chi connectivity index (χ1) is 13.3. The summed E-state index contributed by atoms with van der Waals surface area (Å²) in [5.74, 6) is -3.68. The van der Waals surface area contributed by atoms with Crippen LogP contribution in [0.4, 0.5) is 23.7 Å². The van der Waals surface area contributed by atoms with E-state index in [-0.39, 0.29) is 17.9 Å². The third kappa shape index (κ3) is 3.88. The highest BCUT2D eigenvalue weighted by Crippen LogP contribution is 2.31. The van der Waals surface area contributed by atoms with E-state index < -0.39 is 41.3 Å². The number of ether oxygens (including phenoxy) is 1. The fourth-order valence-electron chi connectivity index (χ4n) is 3.12. The molecule has 0 aromatic heterocycles. The molecule has 0 saturated carbocycles. The molecule has 3 amide bonds. The number of carbonyl (C=O) groups excluding carboxylic acids is 2. The lowest BCUT2D eigenvalue weighted by molar-refractivity contribution is -0.120. The molecule has 2 aromatic rings. The van der Waals surface area contributed by atoms with E-state index in [1.807, 2.05) is 0 Å². The highest BCUT2D eigenvalue weighted by molar-refractivity contribution is 5.95. The van der Waals surface area contributed by atoms with E-state index in [9.17, 15) is 22.8 Å². The number of amides is 3. The fraction of sp³-hybridized carbons (Fsp3) is 0.263. The topological polar surface area (TPSA) is 79.5 Å². The standard InChI is InChI=1S/C19H18F3N3O3/c1-9-5-10(3-4-13(9)20)24-19(27)25-17-12(8-23-18(17)26)16-14(21)6-11(28-2)7-15(16)22/h3-7,12,17H,8H2,1-2H3,(H,23,26)(H2,24,25,27)/t12-,17-/m0/s1. The molecule has 1 aliphatic rings. The van der Waals surface area contributed by atoms with Gasteiger partial charge in [-0.15, -0.1) is 0 Å². The second kappa shape index (κ2) is 7.79. The first-order valence-electron chi connectivity index (χ1n) is 8.44. The molecule has 0 aliphatic carbocycles. The molecule has 1 fully saturated rings. The number of nitrogens with one attached hydrogen (secondary N) is 3. The van der Waals surface area contributed by atoms with Gasteiger partial charge in [-0.05, 0) is 30.7 Å². The first-order valence-corrected chi connectivity index (χ1v) is 8.44. The lowest BCUT2D eigenvalue weighted by Crippen LogP contribution is -2.45. The van der Waals surface area contributed by atoms with Crippen LogP contribution in [-0.2, 0) is 4.79 Å². The summed E-state index contributed by atoms with van der Waals surface area (Å²) in [5, 5.41) is 7.39. The Bertz CT molecular complexity index is 913. The van der Waals surface area contributed by atoms with E-state index >= 15 is 0 Å². The van der Waals surface area contributed by atoms with Crippen LogP contribution in [0, 0.1) is 24.4 Å². The van der Waals surface area contributed by atoms with Crippen LogP contribution >= 0.6 is 0 Å². The van der Waals surface area contributed by atoms with E-state index in [2.05, 4.69) is 16.0 Å². The van der Waals surface area contributed by atoms with Gasteiger partial charge in [0.2, 0.25) is 5.91 Å². The Morgan fingerprint density at radius 1 is 1.14 bits per heavy atom. The van der Waals surface area contributed by atoms with Crippen LogP contribution in [0.2, 0.25) is 0 Å². The molecule has 2 atom stereocenters. The minimum Gasteiger partial charge on any atom is -0.497 e. The van der Waals surface area contributed by atoms with Crippen molar-refractivity contribution in [3.63, 3.8) is 0 Å². The van der Waals surface area contributed by atoms with Crippen molar-refractivity contribution in [3.8, 4) is 5.75 Å². The Balaban J connectivity index is 1.79. The largest absolute Gasteiger partial charge is 0.497 e.